The first-order valence-electron chi connectivity index (χ1n) is 5.44. The van der Waals surface area contributed by atoms with Crippen LogP contribution in [0.1, 0.15) is 18.9 Å². The van der Waals surface area contributed by atoms with Gasteiger partial charge in [-0.15, -0.1) is 10.2 Å². The van der Waals surface area contributed by atoms with E-state index in [1.165, 1.54) is 0 Å². The molecule has 0 radical (unpaired) electrons. The molecule has 0 saturated heterocycles. The minimum Gasteiger partial charge on any atom is -0.374 e. The molecule has 0 aliphatic carbocycles. The molecule has 3 heterocycles. The molecule has 0 aliphatic rings. The van der Waals surface area contributed by atoms with Crippen molar-refractivity contribution in [2.45, 2.75) is 13.0 Å². The first-order chi connectivity index (χ1) is 8.78. The van der Waals surface area contributed by atoms with E-state index >= 15 is 0 Å². The number of pyridine rings is 1. The average Bonchev–Trinajstić information content (AvgIpc) is 3.05. The number of aromatic nitrogens is 5. The maximum absolute atomic E-state index is 5.20. The molecule has 0 amide bonds. The molecule has 18 heavy (non-hydrogen) atoms. The van der Waals surface area contributed by atoms with Crippen molar-refractivity contribution in [3.05, 3.63) is 30.5 Å². The summed E-state index contributed by atoms with van der Waals surface area (Å²) >= 11 is 0. The molecule has 3 aromatic rings. The lowest BCUT2D eigenvalue weighted by Crippen LogP contribution is -1.97. The van der Waals surface area contributed by atoms with Crippen molar-refractivity contribution in [1.29, 1.82) is 0 Å². The van der Waals surface area contributed by atoms with Gasteiger partial charge in [0.2, 0.25) is 5.82 Å². The van der Waals surface area contributed by atoms with Crippen molar-refractivity contribution in [3.8, 4) is 11.5 Å². The largest absolute Gasteiger partial charge is 0.374 e. The Bertz CT molecular complexity index is 675. The van der Waals surface area contributed by atoms with Crippen molar-refractivity contribution in [3.63, 3.8) is 0 Å². The van der Waals surface area contributed by atoms with Crippen molar-refractivity contribution < 1.29 is 9.26 Å². The van der Waals surface area contributed by atoms with E-state index in [0.717, 1.165) is 11.2 Å². The van der Waals surface area contributed by atoms with Crippen LogP contribution in [0.2, 0.25) is 0 Å². The van der Waals surface area contributed by atoms with Crippen molar-refractivity contribution in [1.82, 2.24) is 24.7 Å². The van der Waals surface area contributed by atoms with Crippen LogP contribution in [-0.2, 0) is 4.74 Å². The fraction of sp³-hybridized carbons (Fsp3) is 0.273. The molecular formula is C11H11N5O2. The van der Waals surface area contributed by atoms with Crippen LogP contribution in [-0.4, -0.2) is 31.8 Å². The van der Waals surface area contributed by atoms with Crippen LogP contribution in [0.4, 0.5) is 0 Å². The molecule has 0 N–H and O–H groups in total. The summed E-state index contributed by atoms with van der Waals surface area (Å²) in [6, 6.07) is 3.70. The molecular weight excluding hydrogens is 234 g/mol. The van der Waals surface area contributed by atoms with Crippen LogP contribution >= 0.6 is 0 Å². The molecule has 0 bridgehead atoms. The van der Waals surface area contributed by atoms with Gasteiger partial charge in [0.25, 0.3) is 5.89 Å². The molecule has 7 nitrogen and oxygen atoms in total. The SMILES string of the molecule is CO[C@H](C)c1noc(-c2ccc3nncn3c2)n1. The number of hydrogen-bond donors (Lipinski definition) is 0. The third-order valence-electron chi connectivity index (χ3n) is 2.70. The van der Waals surface area contributed by atoms with E-state index in [0.29, 0.717) is 11.7 Å². The van der Waals surface area contributed by atoms with Gasteiger partial charge in [0.1, 0.15) is 12.4 Å². The highest BCUT2D eigenvalue weighted by Crippen LogP contribution is 2.20. The van der Waals surface area contributed by atoms with Gasteiger partial charge in [-0.2, -0.15) is 4.98 Å². The van der Waals surface area contributed by atoms with Gasteiger partial charge in [0.15, 0.2) is 5.65 Å². The molecule has 0 fully saturated rings. The van der Waals surface area contributed by atoms with E-state index in [2.05, 4.69) is 20.3 Å². The summed E-state index contributed by atoms with van der Waals surface area (Å²) in [4.78, 5) is 4.29. The molecule has 0 unspecified atom stereocenters. The van der Waals surface area contributed by atoms with Gasteiger partial charge < -0.3 is 9.26 Å². The fourth-order valence-corrected chi connectivity index (χ4v) is 1.58. The Morgan fingerprint density at radius 3 is 3.11 bits per heavy atom. The lowest BCUT2D eigenvalue weighted by Gasteiger charge is -2.00. The van der Waals surface area contributed by atoms with Gasteiger partial charge in [0, 0.05) is 13.3 Å². The van der Waals surface area contributed by atoms with Crippen LogP contribution in [0, 0.1) is 0 Å². The number of rotatable bonds is 3. The topological polar surface area (TPSA) is 78.3 Å². The zero-order valence-electron chi connectivity index (χ0n) is 9.94. The summed E-state index contributed by atoms with van der Waals surface area (Å²) in [7, 11) is 1.60. The maximum Gasteiger partial charge on any atom is 0.259 e. The minimum absolute atomic E-state index is 0.193. The number of fused-ring (bicyclic) bond motifs is 1. The van der Waals surface area contributed by atoms with Crippen LogP contribution in [0.5, 0.6) is 0 Å². The summed E-state index contributed by atoms with van der Waals surface area (Å²) in [5.41, 5.74) is 1.58. The maximum atomic E-state index is 5.20. The zero-order chi connectivity index (χ0) is 12.5. The summed E-state index contributed by atoms with van der Waals surface area (Å²) < 4.78 is 12.1. The van der Waals surface area contributed by atoms with Crippen molar-refractivity contribution in [2.24, 2.45) is 0 Å². The molecule has 0 spiro atoms. The van der Waals surface area contributed by atoms with Crippen LogP contribution in [0.25, 0.3) is 17.1 Å². The smallest absolute Gasteiger partial charge is 0.259 e. The van der Waals surface area contributed by atoms with Gasteiger partial charge >= 0.3 is 0 Å². The van der Waals surface area contributed by atoms with E-state index in [-0.39, 0.29) is 6.10 Å². The third kappa shape index (κ3) is 1.74. The molecule has 0 saturated carbocycles. The average molecular weight is 245 g/mol. The Kier molecular flexibility index (Phi) is 2.52. The Morgan fingerprint density at radius 2 is 2.28 bits per heavy atom. The van der Waals surface area contributed by atoms with Gasteiger partial charge in [-0.25, -0.2) is 0 Å². The second kappa shape index (κ2) is 4.19. The van der Waals surface area contributed by atoms with Crippen LogP contribution in [0.3, 0.4) is 0 Å². The standard InChI is InChI=1S/C11H11N5O2/c1-7(17-2)10-13-11(18-15-10)8-3-4-9-14-12-6-16(9)5-8/h3-7H,1-2H3/t7-/m1/s1. The lowest BCUT2D eigenvalue weighted by molar-refractivity contribution is 0.109. The molecule has 3 aromatic heterocycles. The minimum atomic E-state index is -0.193. The predicted octanol–water partition coefficient (Wildman–Crippen LogP) is 1.49. The van der Waals surface area contributed by atoms with Crippen molar-refractivity contribution in [2.75, 3.05) is 7.11 Å². The molecule has 0 aromatic carbocycles. The van der Waals surface area contributed by atoms with Crippen LogP contribution < -0.4 is 0 Å². The molecule has 0 aliphatic heterocycles. The van der Waals surface area contributed by atoms with E-state index in [1.807, 2.05) is 25.3 Å². The second-order valence-electron chi connectivity index (χ2n) is 3.85. The second-order valence-corrected chi connectivity index (χ2v) is 3.85. The third-order valence-corrected chi connectivity index (χ3v) is 2.70. The monoisotopic (exact) mass is 245 g/mol. The van der Waals surface area contributed by atoms with Gasteiger partial charge in [-0.1, -0.05) is 5.16 Å². The normalized spacial score (nSPS) is 13.0. The Morgan fingerprint density at radius 1 is 1.39 bits per heavy atom. The highest BCUT2D eigenvalue weighted by Gasteiger charge is 2.14. The van der Waals surface area contributed by atoms with Crippen molar-refractivity contribution >= 4 is 5.65 Å². The number of nitrogens with zero attached hydrogens (tertiary/aromatic N) is 5. The Labute approximate surface area is 102 Å². The first-order valence-corrected chi connectivity index (χ1v) is 5.44. The quantitative estimate of drug-likeness (QED) is 0.695. The number of hydrogen-bond acceptors (Lipinski definition) is 6. The van der Waals surface area contributed by atoms with Crippen LogP contribution in [0.15, 0.2) is 29.2 Å². The molecule has 3 rings (SSSR count). The van der Waals surface area contributed by atoms with Gasteiger partial charge in [-0.3, -0.25) is 4.40 Å². The summed E-state index contributed by atoms with van der Waals surface area (Å²) in [6.07, 6.45) is 3.26. The zero-order valence-corrected chi connectivity index (χ0v) is 9.94. The van der Waals surface area contributed by atoms with Gasteiger partial charge in [0.05, 0.1) is 5.56 Å². The highest BCUT2D eigenvalue weighted by molar-refractivity contribution is 5.55. The van der Waals surface area contributed by atoms with E-state index in [9.17, 15) is 0 Å². The summed E-state index contributed by atoms with van der Waals surface area (Å²) in [5, 5.41) is 11.6. The number of methoxy groups -OCH3 is 1. The predicted molar refractivity (Wildman–Crippen MR) is 61.7 cm³/mol. The number of ether oxygens (including phenoxy) is 1. The lowest BCUT2D eigenvalue weighted by atomic mass is 10.3. The molecule has 1 atom stereocenters. The highest BCUT2D eigenvalue weighted by atomic mass is 16.5. The first kappa shape index (κ1) is 10.8. The molecule has 92 valence electrons. The van der Waals surface area contributed by atoms with E-state index in [1.54, 1.807) is 17.8 Å². The van der Waals surface area contributed by atoms with E-state index in [4.69, 9.17) is 9.26 Å². The van der Waals surface area contributed by atoms with Gasteiger partial charge in [-0.05, 0) is 19.1 Å². The fourth-order valence-electron chi connectivity index (χ4n) is 1.58. The van der Waals surface area contributed by atoms with E-state index < -0.39 is 0 Å². The Hall–Kier alpha value is -2.28. The summed E-state index contributed by atoms with van der Waals surface area (Å²) in [6.45, 7) is 1.86. The molecule has 7 heteroatoms. The summed E-state index contributed by atoms with van der Waals surface area (Å²) in [5.74, 6) is 0.973. The Balaban J connectivity index is 2.00.